The zero-order valence-corrected chi connectivity index (χ0v) is 9.41. The van der Waals surface area contributed by atoms with Crippen molar-refractivity contribution in [2.45, 2.75) is 44.2 Å². The Bertz CT molecular complexity index is 122. The summed E-state index contributed by atoms with van der Waals surface area (Å²) < 4.78 is 0. The molecule has 1 fully saturated rings. The molecule has 0 spiro atoms. The Morgan fingerprint density at radius 2 is 2.00 bits per heavy atom. The van der Waals surface area contributed by atoms with Gasteiger partial charge in [0.25, 0.3) is 0 Å². The van der Waals surface area contributed by atoms with E-state index in [9.17, 15) is 0 Å². The molecule has 3 heteroatoms. The fourth-order valence-electron chi connectivity index (χ4n) is 1.85. The Morgan fingerprint density at radius 1 is 1.31 bits per heavy atom. The van der Waals surface area contributed by atoms with Gasteiger partial charge in [-0.2, -0.15) is 11.8 Å². The average molecular weight is 202 g/mol. The molecule has 0 aromatic heterocycles. The predicted octanol–water partition coefficient (Wildman–Crippen LogP) is 1.60. The first-order valence-electron chi connectivity index (χ1n) is 5.31. The van der Waals surface area contributed by atoms with Gasteiger partial charge in [0, 0.05) is 12.1 Å². The van der Waals surface area contributed by atoms with Crippen LogP contribution in [0, 0.1) is 0 Å². The molecule has 0 aliphatic heterocycles. The first-order chi connectivity index (χ1) is 6.33. The Kier molecular flexibility index (Phi) is 5.83. The molecule has 1 saturated carbocycles. The van der Waals surface area contributed by atoms with E-state index in [1.807, 2.05) is 11.8 Å². The molecule has 1 aliphatic rings. The zero-order valence-electron chi connectivity index (χ0n) is 8.59. The number of rotatable bonds is 5. The maximum absolute atomic E-state index is 5.84. The lowest BCUT2D eigenvalue weighted by Gasteiger charge is -2.26. The molecule has 13 heavy (non-hydrogen) atoms. The minimum absolute atomic E-state index is 0.476. The fourth-order valence-corrected chi connectivity index (χ4v) is 2.28. The summed E-state index contributed by atoms with van der Waals surface area (Å²) in [5, 5.41) is 3.61. The van der Waals surface area contributed by atoms with Crippen LogP contribution in [0.5, 0.6) is 0 Å². The third-order valence-electron chi connectivity index (χ3n) is 2.73. The van der Waals surface area contributed by atoms with Crippen LogP contribution in [0.3, 0.4) is 0 Å². The van der Waals surface area contributed by atoms with Crippen LogP contribution >= 0.6 is 11.8 Å². The summed E-state index contributed by atoms with van der Waals surface area (Å²) in [6.45, 7) is 1.18. The minimum atomic E-state index is 0.476. The second kappa shape index (κ2) is 6.68. The normalized spacial score (nSPS) is 29.1. The first kappa shape index (κ1) is 11.3. The van der Waals surface area contributed by atoms with Gasteiger partial charge < -0.3 is 11.1 Å². The van der Waals surface area contributed by atoms with E-state index in [1.54, 1.807) is 0 Å². The van der Waals surface area contributed by atoms with Gasteiger partial charge in [-0.05, 0) is 50.7 Å². The summed E-state index contributed by atoms with van der Waals surface area (Å²) in [5.41, 5.74) is 5.84. The van der Waals surface area contributed by atoms with Gasteiger partial charge in [-0.1, -0.05) is 0 Å². The van der Waals surface area contributed by atoms with Crippen molar-refractivity contribution in [3.8, 4) is 0 Å². The summed E-state index contributed by atoms with van der Waals surface area (Å²) in [6, 6.07) is 1.23. The standard InChI is InChI=1S/C10H22N2S/c1-13-8-2-7-12-10-5-3-9(11)4-6-10/h9-10,12H,2-8,11H2,1H3. The van der Waals surface area contributed by atoms with Gasteiger partial charge in [-0.15, -0.1) is 0 Å². The molecule has 0 bridgehead atoms. The molecular weight excluding hydrogens is 180 g/mol. The second-order valence-electron chi connectivity index (χ2n) is 3.91. The molecule has 3 N–H and O–H groups in total. The van der Waals surface area contributed by atoms with Crippen LogP contribution in [-0.4, -0.2) is 30.6 Å². The van der Waals surface area contributed by atoms with Gasteiger partial charge in [0.2, 0.25) is 0 Å². The number of hydrogen-bond donors (Lipinski definition) is 2. The molecule has 0 saturated heterocycles. The Balaban J connectivity index is 1.96. The highest BCUT2D eigenvalue weighted by molar-refractivity contribution is 7.98. The molecule has 0 amide bonds. The lowest BCUT2D eigenvalue weighted by molar-refractivity contribution is 0.344. The van der Waals surface area contributed by atoms with E-state index < -0.39 is 0 Å². The lowest BCUT2D eigenvalue weighted by Crippen LogP contribution is -2.37. The summed E-state index contributed by atoms with van der Waals surface area (Å²) in [7, 11) is 0. The van der Waals surface area contributed by atoms with Crippen LogP contribution in [0.2, 0.25) is 0 Å². The average Bonchev–Trinajstić information content (AvgIpc) is 2.15. The van der Waals surface area contributed by atoms with Crippen LogP contribution in [0.15, 0.2) is 0 Å². The van der Waals surface area contributed by atoms with Crippen molar-refractivity contribution in [3.05, 3.63) is 0 Å². The number of hydrogen-bond acceptors (Lipinski definition) is 3. The second-order valence-corrected chi connectivity index (χ2v) is 4.90. The van der Waals surface area contributed by atoms with Crippen molar-refractivity contribution in [2.75, 3.05) is 18.6 Å². The van der Waals surface area contributed by atoms with Crippen LogP contribution in [-0.2, 0) is 0 Å². The summed E-state index contributed by atoms with van der Waals surface area (Å²) >= 11 is 1.93. The van der Waals surface area contributed by atoms with E-state index >= 15 is 0 Å². The summed E-state index contributed by atoms with van der Waals surface area (Å²) in [5.74, 6) is 1.28. The Labute approximate surface area is 86.0 Å². The quantitative estimate of drug-likeness (QED) is 0.665. The van der Waals surface area contributed by atoms with Gasteiger partial charge in [-0.3, -0.25) is 0 Å². The summed E-state index contributed by atoms with van der Waals surface area (Å²) in [6.07, 6.45) is 8.44. The fraction of sp³-hybridized carbons (Fsp3) is 1.00. The van der Waals surface area contributed by atoms with Gasteiger partial charge in [0.15, 0.2) is 0 Å². The van der Waals surface area contributed by atoms with Crippen LogP contribution < -0.4 is 11.1 Å². The molecule has 0 aromatic carbocycles. The maximum atomic E-state index is 5.84. The molecule has 0 radical (unpaired) electrons. The highest BCUT2D eigenvalue weighted by atomic mass is 32.2. The third kappa shape index (κ3) is 4.89. The van der Waals surface area contributed by atoms with E-state index in [-0.39, 0.29) is 0 Å². The number of thioether (sulfide) groups is 1. The number of nitrogens with one attached hydrogen (secondary N) is 1. The molecular formula is C10H22N2S. The molecule has 1 aliphatic carbocycles. The largest absolute Gasteiger partial charge is 0.328 e. The van der Waals surface area contributed by atoms with Gasteiger partial charge in [-0.25, -0.2) is 0 Å². The zero-order chi connectivity index (χ0) is 9.52. The van der Waals surface area contributed by atoms with Gasteiger partial charge >= 0.3 is 0 Å². The topological polar surface area (TPSA) is 38.0 Å². The van der Waals surface area contributed by atoms with Gasteiger partial charge in [0.1, 0.15) is 0 Å². The molecule has 1 rings (SSSR count). The molecule has 0 unspecified atom stereocenters. The SMILES string of the molecule is CSCCCNC1CCC(N)CC1. The van der Waals surface area contributed by atoms with E-state index in [0.29, 0.717) is 6.04 Å². The molecule has 2 nitrogen and oxygen atoms in total. The maximum Gasteiger partial charge on any atom is 0.00682 e. The highest BCUT2D eigenvalue weighted by Gasteiger charge is 2.17. The van der Waals surface area contributed by atoms with Crippen molar-refractivity contribution in [2.24, 2.45) is 5.73 Å². The van der Waals surface area contributed by atoms with E-state index in [1.165, 1.54) is 44.4 Å². The summed E-state index contributed by atoms with van der Waals surface area (Å²) in [4.78, 5) is 0. The first-order valence-corrected chi connectivity index (χ1v) is 6.70. The molecule has 78 valence electrons. The van der Waals surface area contributed by atoms with Crippen molar-refractivity contribution in [1.82, 2.24) is 5.32 Å². The van der Waals surface area contributed by atoms with Crippen LogP contribution in [0.1, 0.15) is 32.1 Å². The monoisotopic (exact) mass is 202 g/mol. The van der Waals surface area contributed by atoms with E-state index in [4.69, 9.17) is 5.73 Å². The van der Waals surface area contributed by atoms with Crippen LogP contribution in [0.4, 0.5) is 0 Å². The lowest BCUT2D eigenvalue weighted by atomic mass is 9.92. The Morgan fingerprint density at radius 3 is 2.62 bits per heavy atom. The van der Waals surface area contributed by atoms with Crippen molar-refractivity contribution >= 4 is 11.8 Å². The van der Waals surface area contributed by atoms with Gasteiger partial charge in [0.05, 0.1) is 0 Å². The molecule has 0 heterocycles. The highest BCUT2D eigenvalue weighted by Crippen LogP contribution is 2.16. The number of nitrogens with two attached hydrogens (primary N) is 1. The predicted molar refractivity (Wildman–Crippen MR) is 61.2 cm³/mol. The van der Waals surface area contributed by atoms with E-state index in [0.717, 1.165) is 6.04 Å². The Hall–Kier alpha value is 0.270. The van der Waals surface area contributed by atoms with Crippen LogP contribution in [0.25, 0.3) is 0 Å². The van der Waals surface area contributed by atoms with Crippen molar-refractivity contribution in [1.29, 1.82) is 0 Å². The van der Waals surface area contributed by atoms with Crippen molar-refractivity contribution < 1.29 is 0 Å². The molecule has 0 atom stereocenters. The smallest absolute Gasteiger partial charge is 0.00682 e. The third-order valence-corrected chi connectivity index (χ3v) is 3.43. The molecule has 0 aromatic rings. The van der Waals surface area contributed by atoms with Crippen molar-refractivity contribution in [3.63, 3.8) is 0 Å². The minimum Gasteiger partial charge on any atom is -0.328 e. The van der Waals surface area contributed by atoms with E-state index in [2.05, 4.69) is 11.6 Å².